The minimum atomic E-state index is -3.52. The molecule has 1 saturated heterocycles. The van der Waals surface area contributed by atoms with Crippen LogP contribution < -0.4 is 4.72 Å². The number of aliphatic hydroxyl groups excluding tert-OH is 1. The number of hydrogen-bond acceptors (Lipinski definition) is 5. The summed E-state index contributed by atoms with van der Waals surface area (Å²) in [5.41, 5.74) is 0. The van der Waals surface area contributed by atoms with E-state index in [0.717, 1.165) is 19.5 Å². The molecule has 2 rings (SSSR count). The van der Waals surface area contributed by atoms with Crippen molar-refractivity contribution >= 4 is 37.3 Å². The molecule has 2 N–H and O–H groups in total. The van der Waals surface area contributed by atoms with E-state index >= 15 is 0 Å². The highest BCUT2D eigenvalue weighted by Gasteiger charge is 2.27. The lowest BCUT2D eigenvalue weighted by Crippen LogP contribution is -2.33. The normalized spacial score (nSPS) is 20.5. The van der Waals surface area contributed by atoms with Crippen LogP contribution in [-0.2, 0) is 16.6 Å². The van der Waals surface area contributed by atoms with Gasteiger partial charge >= 0.3 is 0 Å². The zero-order valence-electron chi connectivity index (χ0n) is 12.2. The molecule has 0 amide bonds. The first-order valence-electron chi connectivity index (χ1n) is 6.96. The number of sulfonamides is 1. The number of thiophene rings is 1. The van der Waals surface area contributed by atoms with E-state index in [1.54, 1.807) is 0 Å². The first-order valence-corrected chi connectivity index (χ1v) is 10.1. The molecule has 1 aromatic heterocycles. The van der Waals surface area contributed by atoms with E-state index in [-0.39, 0.29) is 11.5 Å². The third kappa shape index (κ3) is 4.27. The molecule has 1 aliphatic rings. The van der Waals surface area contributed by atoms with E-state index in [4.69, 9.17) is 5.11 Å². The molecule has 5 nitrogen and oxygen atoms in total. The van der Waals surface area contributed by atoms with E-state index in [1.807, 2.05) is 0 Å². The summed E-state index contributed by atoms with van der Waals surface area (Å²) in [5.74, 6) is 0.358. The van der Waals surface area contributed by atoms with Crippen LogP contribution in [0.2, 0.25) is 0 Å². The van der Waals surface area contributed by atoms with E-state index in [1.165, 1.54) is 17.4 Å². The average Bonchev–Trinajstić information content (AvgIpc) is 3.03. The highest BCUT2D eigenvalue weighted by Crippen LogP contribution is 2.31. The first kappa shape index (κ1) is 17.4. The minimum Gasteiger partial charge on any atom is -0.391 e. The van der Waals surface area contributed by atoms with Crippen molar-refractivity contribution in [1.29, 1.82) is 0 Å². The molecular formula is C13H21BrN2O3S2. The van der Waals surface area contributed by atoms with Crippen LogP contribution in [0.15, 0.2) is 14.7 Å². The van der Waals surface area contributed by atoms with Gasteiger partial charge in [0.25, 0.3) is 0 Å². The zero-order valence-corrected chi connectivity index (χ0v) is 15.4. The second-order valence-corrected chi connectivity index (χ2v) is 9.79. The molecule has 1 fully saturated rings. The Kier molecular flexibility index (Phi) is 5.84. The number of likely N-dealkylation sites (tertiary alicyclic amines) is 1. The summed E-state index contributed by atoms with van der Waals surface area (Å²) in [4.78, 5) is 3.22. The van der Waals surface area contributed by atoms with Gasteiger partial charge in [-0.15, -0.1) is 11.3 Å². The number of nitrogens with one attached hydrogen (secondary N) is 1. The standard InChI is InChI=1S/C13H21BrN2O3S2/c1-9(2)16-4-3-10(7-16)6-15-21(18,19)12-5-11(8-17)20-13(12)14/h5,9-10,15,17H,3-4,6-8H2,1-2H3. The van der Waals surface area contributed by atoms with Gasteiger partial charge in [0.15, 0.2) is 0 Å². The fourth-order valence-corrected chi connectivity index (χ4v) is 6.12. The maximum Gasteiger partial charge on any atom is 0.242 e. The van der Waals surface area contributed by atoms with Gasteiger partial charge in [0.2, 0.25) is 10.0 Å². The number of aliphatic hydroxyl groups is 1. The number of halogens is 1. The molecule has 0 bridgehead atoms. The summed E-state index contributed by atoms with van der Waals surface area (Å²) in [6, 6.07) is 2.02. The Labute approximate surface area is 138 Å². The third-order valence-electron chi connectivity index (χ3n) is 3.76. The van der Waals surface area contributed by atoms with Crippen LogP contribution in [0.1, 0.15) is 25.1 Å². The monoisotopic (exact) mass is 396 g/mol. The Morgan fingerprint density at radius 1 is 1.57 bits per heavy atom. The zero-order chi connectivity index (χ0) is 15.6. The Hall–Kier alpha value is 0.01000. The molecule has 0 aromatic carbocycles. The molecule has 1 atom stereocenters. The highest BCUT2D eigenvalue weighted by atomic mass is 79.9. The molecule has 0 saturated carbocycles. The fraction of sp³-hybridized carbons (Fsp3) is 0.692. The van der Waals surface area contributed by atoms with Crippen molar-refractivity contribution in [3.63, 3.8) is 0 Å². The van der Waals surface area contributed by atoms with Gasteiger partial charge in [0, 0.05) is 24.0 Å². The Bertz CT molecular complexity index is 586. The van der Waals surface area contributed by atoms with Crippen LogP contribution in [-0.4, -0.2) is 44.1 Å². The van der Waals surface area contributed by atoms with Gasteiger partial charge in [0.05, 0.1) is 10.4 Å². The summed E-state index contributed by atoms with van der Waals surface area (Å²) >= 11 is 4.50. The Balaban J connectivity index is 1.97. The number of hydrogen-bond donors (Lipinski definition) is 2. The lowest BCUT2D eigenvalue weighted by atomic mass is 10.1. The average molecular weight is 397 g/mol. The summed E-state index contributed by atoms with van der Waals surface area (Å²) < 4.78 is 27.9. The Morgan fingerprint density at radius 2 is 2.29 bits per heavy atom. The maximum atomic E-state index is 12.3. The quantitative estimate of drug-likeness (QED) is 0.771. The third-order valence-corrected chi connectivity index (χ3v) is 7.42. The van der Waals surface area contributed by atoms with Crippen molar-refractivity contribution in [2.24, 2.45) is 5.92 Å². The molecule has 21 heavy (non-hydrogen) atoms. The molecule has 0 radical (unpaired) electrons. The van der Waals surface area contributed by atoms with Crippen molar-refractivity contribution < 1.29 is 13.5 Å². The molecule has 1 unspecified atom stereocenters. The van der Waals surface area contributed by atoms with Gasteiger partial charge in [-0.3, -0.25) is 0 Å². The predicted octanol–water partition coefficient (Wildman–Crippen LogP) is 2.01. The van der Waals surface area contributed by atoms with E-state index < -0.39 is 10.0 Å². The molecule has 1 aromatic rings. The first-order chi connectivity index (χ1) is 9.83. The molecule has 2 heterocycles. The van der Waals surface area contributed by atoms with Crippen LogP contribution in [0.25, 0.3) is 0 Å². The van der Waals surface area contributed by atoms with Crippen molar-refractivity contribution in [3.8, 4) is 0 Å². The Morgan fingerprint density at radius 3 is 2.81 bits per heavy atom. The fourth-order valence-electron chi connectivity index (χ4n) is 2.46. The van der Waals surface area contributed by atoms with Crippen LogP contribution in [0.3, 0.4) is 0 Å². The number of nitrogens with zero attached hydrogens (tertiary/aromatic N) is 1. The second-order valence-electron chi connectivity index (χ2n) is 5.60. The van der Waals surface area contributed by atoms with Gasteiger partial charge in [-0.1, -0.05) is 0 Å². The molecule has 8 heteroatoms. The van der Waals surface area contributed by atoms with Gasteiger partial charge in [-0.2, -0.15) is 0 Å². The second kappa shape index (κ2) is 7.06. The van der Waals surface area contributed by atoms with E-state index in [0.29, 0.717) is 27.2 Å². The lowest BCUT2D eigenvalue weighted by Gasteiger charge is -2.20. The van der Waals surface area contributed by atoms with Crippen molar-refractivity contribution in [2.75, 3.05) is 19.6 Å². The number of rotatable bonds is 6. The van der Waals surface area contributed by atoms with E-state index in [2.05, 4.69) is 39.4 Å². The highest BCUT2D eigenvalue weighted by molar-refractivity contribution is 9.11. The largest absolute Gasteiger partial charge is 0.391 e. The van der Waals surface area contributed by atoms with Crippen LogP contribution in [0.4, 0.5) is 0 Å². The minimum absolute atomic E-state index is 0.148. The summed E-state index contributed by atoms with van der Waals surface area (Å²) in [7, 11) is -3.52. The van der Waals surface area contributed by atoms with Crippen molar-refractivity contribution in [2.45, 2.75) is 37.8 Å². The van der Waals surface area contributed by atoms with Crippen molar-refractivity contribution in [3.05, 3.63) is 14.7 Å². The van der Waals surface area contributed by atoms with Gasteiger partial charge in [-0.25, -0.2) is 13.1 Å². The SMILES string of the molecule is CC(C)N1CCC(CNS(=O)(=O)c2cc(CO)sc2Br)C1. The van der Waals surface area contributed by atoms with Crippen LogP contribution in [0.5, 0.6) is 0 Å². The smallest absolute Gasteiger partial charge is 0.242 e. The summed E-state index contributed by atoms with van der Waals surface area (Å²) in [6.45, 7) is 6.59. The summed E-state index contributed by atoms with van der Waals surface area (Å²) in [5, 5.41) is 9.09. The van der Waals surface area contributed by atoms with Crippen LogP contribution in [0, 0.1) is 5.92 Å². The predicted molar refractivity (Wildman–Crippen MR) is 87.9 cm³/mol. The topological polar surface area (TPSA) is 69.6 Å². The van der Waals surface area contributed by atoms with Gasteiger partial charge in [-0.05, 0) is 54.7 Å². The van der Waals surface area contributed by atoms with Gasteiger partial charge in [0.1, 0.15) is 4.90 Å². The van der Waals surface area contributed by atoms with Crippen LogP contribution >= 0.6 is 27.3 Å². The molecule has 1 aliphatic heterocycles. The molecule has 0 aliphatic carbocycles. The maximum absolute atomic E-state index is 12.3. The molecule has 120 valence electrons. The van der Waals surface area contributed by atoms with Gasteiger partial charge < -0.3 is 10.0 Å². The van der Waals surface area contributed by atoms with E-state index in [9.17, 15) is 8.42 Å². The molecular weight excluding hydrogens is 376 g/mol. The summed E-state index contributed by atoms with van der Waals surface area (Å²) in [6.07, 6.45) is 1.02. The molecule has 0 spiro atoms. The lowest BCUT2D eigenvalue weighted by molar-refractivity contribution is 0.265. The van der Waals surface area contributed by atoms with Crippen molar-refractivity contribution in [1.82, 2.24) is 9.62 Å².